The van der Waals surface area contributed by atoms with E-state index in [2.05, 4.69) is 0 Å². The maximum atomic E-state index is 11.9. The number of hydrogen-bond acceptors (Lipinski definition) is 4. The lowest BCUT2D eigenvalue weighted by Crippen LogP contribution is -2.48. The summed E-state index contributed by atoms with van der Waals surface area (Å²) in [4.78, 5) is 13.6. The lowest BCUT2D eigenvalue weighted by Gasteiger charge is -2.39. The Hall–Kier alpha value is -0.810. The number of ether oxygens (including phenoxy) is 2. The molecule has 0 aromatic heterocycles. The molecule has 0 bridgehead atoms. The standard InChI is InChI=1S/C14H27NO4/c1-11(16)10-18-14(5)6-8-15(9-7-14)12(17)19-13(2,3)4/h11,16H,6-10H2,1-5H3. The molecule has 112 valence electrons. The summed E-state index contributed by atoms with van der Waals surface area (Å²) in [5.74, 6) is 0. The fourth-order valence-electron chi connectivity index (χ4n) is 1.95. The highest BCUT2D eigenvalue weighted by atomic mass is 16.6. The molecule has 19 heavy (non-hydrogen) atoms. The molecule has 0 aromatic carbocycles. The molecule has 1 heterocycles. The molecule has 1 atom stereocenters. The van der Waals surface area contributed by atoms with E-state index in [1.54, 1.807) is 11.8 Å². The Balaban J connectivity index is 2.41. The van der Waals surface area contributed by atoms with Crippen LogP contribution in [0.25, 0.3) is 0 Å². The van der Waals surface area contributed by atoms with Crippen LogP contribution in [0, 0.1) is 0 Å². The monoisotopic (exact) mass is 273 g/mol. The van der Waals surface area contributed by atoms with Crippen molar-refractivity contribution < 1.29 is 19.4 Å². The molecule has 0 saturated carbocycles. The van der Waals surface area contributed by atoms with Gasteiger partial charge in [0.2, 0.25) is 0 Å². The van der Waals surface area contributed by atoms with Crippen molar-refractivity contribution in [1.29, 1.82) is 0 Å². The highest BCUT2D eigenvalue weighted by molar-refractivity contribution is 5.68. The van der Waals surface area contributed by atoms with Crippen LogP contribution in [0.3, 0.4) is 0 Å². The van der Waals surface area contributed by atoms with Crippen LogP contribution in [-0.4, -0.2) is 53.1 Å². The van der Waals surface area contributed by atoms with Gasteiger partial charge in [0.25, 0.3) is 0 Å². The molecule has 1 fully saturated rings. The van der Waals surface area contributed by atoms with Gasteiger partial charge >= 0.3 is 6.09 Å². The molecular formula is C14H27NO4. The van der Waals surface area contributed by atoms with Gasteiger partial charge < -0.3 is 19.5 Å². The van der Waals surface area contributed by atoms with Gasteiger partial charge in [0, 0.05) is 13.1 Å². The number of amides is 1. The Morgan fingerprint density at radius 2 is 1.89 bits per heavy atom. The summed E-state index contributed by atoms with van der Waals surface area (Å²) < 4.78 is 11.1. The molecule has 0 spiro atoms. The smallest absolute Gasteiger partial charge is 0.410 e. The van der Waals surface area contributed by atoms with E-state index in [-0.39, 0.29) is 11.7 Å². The van der Waals surface area contributed by atoms with E-state index >= 15 is 0 Å². The number of hydrogen-bond donors (Lipinski definition) is 1. The van der Waals surface area contributed by atoms with E-state index < -0.39 is 11.7 Å². The number of carbonyl (C=O) groups excluding carboxylic acids is 1. The maximum Gasteiger partial charge on any atom is 0.410 e. The fraction of sp³-hybridized carbons (Fsp3) is 0.929. The molecule has 0 radical (unpaired) electrons. The van der Waals surface area contributed by atoms with Gasteiger partial charge in [0.15, 0.2) is 0 Å². The number of piperidine rings is 1. The van der Waals surface area contributed by atoms with Crippen LogP contribution in [-0.2, 0) is 9.47 Å². The second-order valence-electron chi connectivity index (χ2n) is 6.58. The zero-order chi connectivity index (χ0) is 14.7. The Morgan fingerprint density at radius 3 is 2.32 bits per heavy atom. The van der Waals surface area contributed by atoms with Crippen LogP contribution in [0.4, 0.5) is 4.79 Å². The van der Waals surface area contributed by atoms with E-state index in [9.17, 15) is 9.90 Å². The van der Waals surface area contributed by atoms with Crippen LogP contribution in [0.15, 0.2) is 0 Å². The van der Waals surface area contributed by atoms with Crippen molar-refractivity contribution in [1.82, 2.24) is 4.90 Å². The molecular weight excluding hydrogens is 246 g/mol. The predicted molar refractivity (Wildman–Crippen MR) is 73.1 cm³/mol. The first-order chi connectivity index (χ1) is 8.61. The van der Waals surface area contributed by atoms with Crippen molar-refractivity contribution in [2.75, 3.05) is 19.7 Å². The number of rotatable bonds is 3. The number of aliphatic hydroxyl groups excluding tert-OH is 1. The lowest BCUT2D eigenvalue weighted by molar-refractivity contribution is -0.0949. The van der Waals surface area contributed by atoms with Crippen molar-refractivity contribution >= 4 is 6.09 Å². The molecule has 1 aliphatic heterocycles. The van der Waals surface area contributed by atoms with Crippen LogP contribution in [0.2, 0.25) is 0 Å². The Morgan fingerprint density at radius 1 is 1.37 bits per heavy atom. The van der Waals surface area contributed by atoms with Crippen molar-refractivity contribution in [3.05, 3.63) is 0 Å². The largest absolute Gasteiger partial charge is 0.444 e. The fourth-order valence-corrected chi connectivity index (χ4v) is 1.95. The van der Waals surface area contributed by atoms with Crippen molar-refractivity contribution in [2.45, 2.75) is 64.8 Å². The minimum atomic E-state index is -0.458. The molecule has 1 saturated heterocycles. The van der Waals surface area contributed by atoms with Gasteiger partial charge in [-0.1, -0.05) is 0 Å². The van der Waals surface area contributed by atoms with E-state index in [0.29, 0.717) is 19.7 Å². The Labute approximate surface area is 115 Å². The Kier molecular flexibility index (Phi) is 5.21. The molecule has 5 nitrogen and oxygen atoms in total. The first-order valence-electron chi connectivity index (χ1n) is 6.91. The molecule has 1 aliphatic rings. The number of carbonyl (C=O) groups is 1. The summed E-state index contributed by atoms with van der Waals surface area (Å²) in [6.45, 7) is 10.9. The van der Waals surface area contributed by atoms with Gasteiger partial charge in [-0.25, -0.2) is 4.79 Å². The van der Waals surface area contributed by atoms with Gasteiger partial charge in [-0.3, -0.25) is 0 Å². The highest BCUT2D eigenvalue weighted by Gasteiger charge is 2.34. The predicted octanol–water partition coefficient (Wildman–Crippen LogP) is 2.17. The summed E-state index contributed by atoms with van der Waals surface area (Å²) in [5.41, 5.74) is -0.712. The molecule has 1 N–H and O–H groups in total. The van der Waals surface area contributed by atoms with Crippen LogP contribution in [0.5, 0.6) is 0 Å². The number of nitrogens with zero attached hydrogens (tertiary/aromatic N) is 1. The summed E-state index contributed by atoms with van der Waals surface area (Å²) in [6.07, 6.45) is 0.809. The van der Waals surface area contributed by atoms with Gasteiger partial charge in [-0.15, -0.1) is 0 Å². The van der Waals surface area contributed by atoms with E-state index in [4.69, 9.17) is 9.47 Å². The zero-order valence-corrected chi connectivity index (χ0v) is 12.7. The Bertz CT molecular complexity index is 301. The number of likely N-dealkylation sites (tertiary alicyclic amines) is 1. The van der Waals surface area contributed by atoms with Crippen molar-refractivity contribution in [2.24, 2.45) is 0 Å². The van der Waals surface area contributed by atoms with Crippen LogP contribution in [0.1, 0.15) is 47.5 Å². The minimum absolute atomic E-state index is 0.254. The average Bonchev–Trinajstić information content (AvgIpc) is 2.25. The normalized spacial score (nSPS) is 21.1. The molecule has 5 heteroatoms. The van der Waals surface area contributed by atoms with Gasteiger partial charge in [0.05, 0.1) is 18.3 Å². The summed E-state index contributed by atoms with van der Waals surface area (Å²) in [5, 5.41) is 9.26. The minimum Gasteiger partial charge on any atom is -0.444 e. The van der Waals surface area contributed by atoms with Gasteiger partial charge in [-0.2, -0.15) is 0 Å². The SMILES string of the molecule is CC(O)COC1(C)CCN(C(=O)OC(C)(C)C)CC1. The van der Waals surface area contributed by atoms with Crippen molar-refractivity contribution in [3.8, 4) is 0 Å². The van der Waals surface area contributed by atoms with Crippen LogP contribution < -0.4 is 0 Å². The molecule has 1 rings (SSSR count). The third-order valence-electron chi connectivity index (χ3n) is 3.15. The second-order valence-corrected chi connectivity index (χ2v) is 6.58. The molecule has 1 amide bonds. The van der Waals surface area contributed by atoms with Crippen molar-refractivity contribution in [3.63, 3.8) is 0 Å². The van der Waals surface area contributed by atoms with Gasteiger partial charge in [0.1, 0.15) is 5.60 Å². The third-order valence-corrected chi connectivity index (χ3v) is 3.15. The summed E-state index contributed by atoms with van der Waals surface area (Å²) in [7, 11) is 0. The third kappa shape index (κ3) is 5.78. The lowest BCUT2D eigenvalue weighted by atomic mass is 9.93. The van der Waals surface area contributed by atoms with E-state index in [1.165, 1.54) is 0 Å². The first kappa shape index (κ1) is 16.2. The average molecular weight is 273 g/mol. The van der Waals surface area contributed by atoms with Gasteiger partial charge in [-0.05, 0) is 47.5 Å². The topological polar surface area (TPSA) is 59.0 Å². The highest BCUT2D eigenvalue weighted by Crippen LogP contribution is 2.27. The zero-order valence-electron chi connectivity index (χ0n) is 12.7. The molecule has 1 unspecified atom stereocenters. The summed E-state index contributed by atoms with van der Waals surface area (Å²) >= 11 is 0. The quantitative estimate of drug-likeness (QED) is 0.856. The molecule has 0 aromatic rings. The van der Waals surface area contributed by atoms with E-state index in [1.807, 2.05) is 27.7 Å². The number of aliphatic hydroxyl groups is 1. The molecule has 0 aliphatic carbocycles. The second kappa shape index (κ2) is 6.09. The van der Waals surface area contributed by atoms with Crippen LogP contribution >= 0.6 is 0 Å². The summed E-state index contributed by atoms with van der Waals surface area (Å²) in [6, 6.07) is 0. The maximum absolute atomic E-state index is 11.9. The van der Waals surface area contributed by atoms with E-state index in [0.717, 1.165) is 12.8 Å². The first-order valence-corrected chi connectivity index (χ1v) is 6.91.